The van der Waals surface area contributed by atoms with Crippen molar-refractivity contribution in [1.82, 2.24) is 0 Å². The molecule has 0 unspecified atom stereocenters. The highest BCUT2D eigenvalue weighted by molar-refractivity contribution is 6.74. The Hall–Kier alpha value is -2.61. The zero-order chi connectivity index (χ0) is 14.5. The molecule has 0 bridgehead atoms. The molecule has 0 amide bonds. The van der Waals surface area contributed by atoms with Gasteiger partial charge in [0.05, 0.1) is 0 Å². The lowest BCUT2D eigenvalue weighted by atomic mass is 9.56. The summed E-state index contributed by atoms with van der Waals surface area (Å²) in [5.41, 5.74) is 9.56. The Bertz CT molecular complexity index is 762. The first-order valence-corrected chi connectivity index (χ1v) is 7.46. The van der Waals surface area contributed by atoms with Crippen LogP contribution in [0.25, 0.3) is 0 Å². The van der Waals surface area contributed by atoms with Crippen molar-refractivity contribution in [2.24, 2.45) is 0 Å². The van der Waals surface area contributed by atoms with E-state index in [9.17, 15) is 0 Å². The van der Waals surface area contributed by atoms with Crippen LogP contribution < -0.4 is 32.5 Å². The van der Waals surface area contributed by atoms with E-state index < -0.39 is 0 Å². The second-order valence-corrected chi connectivity index (χ2v) is 5.74. The number of para-hydroxylation sites is 2. The molecule has 5 rings (SSSR count). The van der Waals surface area contributed by atoms with E-state index in [1.165, 1.54) is 33.2 Å². The van der Waals surface area contributed by atoms with Gasteiger partial charge in [0.25, 0.3) is 0 Å². The van der Waals surface area contributed by atoms with Gasteiger partial charge in [0.15, 0.2) is 14.6 Å². The topological polar surface area (TPSA) is 24.1 Å². The van der Waals surface area contributed by atoms with E-state index in [0.29, 0.717) is 0 Å². The summed E-state index contributed by atoms with van der Waals surface area (Å²) in [6.07, 6.45) is 0. The summed E-state index contributed by atoms with van der Waals surface area (Å²) < 4.78 is 0. The number of benzene rings is 3. The van der Waals surface area contributed by atoms with Gasteiger partial charge in [-0.05, 0) is 24.3 Å². The molecule has 2 aliphatic heterocycles. The van der Waals surface area contributed by atoms with E-state index in [-0.39, 0.29) is 0 Å². The SMILES string of the molecule is [B]1c2ccccc2Nc2cc3c(cc21)Nc1ccccc1[B]3. The summed E-state index contributed by atoms with van der Waals surface area (Å²) in [4.78, 5) is 0. The Morgan fingerprint density at radius 2 is 0.955 bits per heavy atom. The lowest BCUT2D eigenvalue weighted by Crippen LogP contribution is -2.41. The molecule has 0 atom stereocenters. The quantitative estimate of drug-likeness (QED) is 0.415. The Labute approximate surface area is 131 Å². The predicted octanol–water partition coefficient (Wildman–Crippen LogP) is 1.11. The third-order valence-electron chi connectivity index (χ3n) is 4.30. The zero-order valence-corrected chi connectivity index (χ0v) is 11.9. The summed E-state index contributed by atoms with van der Waals surface area (Å²) in [7, 11) is 4.48. The van der Waals surface area contributed by atoms with Crippen LogP contribution in [0.3, 0.4) is 0 Å². The second-order valence-electron chi connectivity index (χ2n) is 5.74. The zero-order valence-electron chi connectivity index (χ0n) is 11.9. The van der Waals surface area contributed by atoms with E-state index in [2.05, 4.69) is 85.9 Å². The fourth-order valence-corrected chi connectivity index (χ4v) is 3.19. The number of hydrogen-bond acceptors (Lipinski definition) is 2. The molecular formula is C18H12B2N2. The Balaban J connectivity index is 1.60. The van der Waals surface area contributed by atoms with Crippen LogP contribution in [0.2, 0.25) is 0 Å². The first-order chi connectivity index (χ1) is 10.9. The van der Waals surface area contributed by atoms with Gasteiger partial charge in [0, 0.05) is 22.7 Å². The maximum Gasteiger partial charge on any atom is 0.197 e. The minimum atomic E-state index is 1.16. The molecule has 2 radical (unpaired) electrons. The van der Waals surface area contributed by atoms with Crippen LogP contribution in [0, 0.1) is 0 Å². The van der Waals surface area contributed by atoms with Crippen molar-refractivity contribution in [3.63, 3.8) is 0 Å². The van der Waals surface area contributed by atoms with E-state index in [4.69, 9.17) is 0 Å². The molecule has 0 spiro atoms. The van der Waals surface area contributed by atoms with Gasteiger partial charge in [-0.1, -0.05) is 58.2 Å². The maximum atomic E-state index is 3.54. The molecule has 0 aromatic heterocycles. The molecule has 2 heterocycles. The van der Waals surface area contributed by atoms with E-state index in [1.54, 1.807) is 0 Å². The van der Waals surface area contributed by atoms with Gasteiger partial charge in [-0.2, -0.15) is 0 Å². The maximum absolute atomic E-state index is 3.54. The number of nitrogens with one attached hydrogen (secondary N) is 2. The highest BCUT2D eigenvalue weighted by atomic mass is 14.9. The summed E-state index contributed by atoms with van der Waals surface area (Å²) in [5, 5.41) is 7.07. The monoisotopic (exact) mass is 278 g/mol. The lowest BCUT2D eigenvalue weighted by Gasteiger charge is -2.26. The summed E-state index contributed by atoms with van der Waals surface area (Å²) in [6, 6.07) is 21.2. The molecule has 0 saturated heterocycles. The molecule has 4 heteroatoms. The lowest BCUT2D eigenvalue weighted by molar-refractivity contribution is 1.55. The fraction of sp³-hybridized carbons (Fsp3) is 0. The van der Waals surface area contributed by atoms with Gasteiger partial charge in [0.2, 0.25) is 0 Å². The normalized spacial score (nSPS) is 13.1. The average Bonchev–Trinajstić information content (AvgIpc) is 2.56. The molecule has 22 heavy (non-hydrogen) atoms. The minimum absolute atomic E-state index is 1.16. The second kappa shape index (κ2) is 4.44. The predicted molar refractivity (Wildman–Crippen MR) is 95.9 cm³/mol. The van der Waals surface area contributed by atoms with E-state index in [0.717, 1.165) is 11.4 Å². The van der Waals surface area contributed by atoms with Gasteiger partial charge in [0.1, 0.15) is 0 Å². The van der Waals surface area contributed by atoms with Gasteiger partial charge in [-0.15, -0.1) is 0 Å². The largest absolute Gasteiger partial charge is 0.356 e. The first kappa shape index (κ1) is 12.0. The van der Waals surface area contributed by atoms with E-state index in [1.807, 2.05) is 0 Å². The Morgan fingerprint density at radius 1 is 0.500 bits per heavy atom. The molecule has 3 aromatic carbocycles. The Kier molecular flexibility index (Phi) is 2.42. The van der Waals surface area contributed by atoms with Crippen molar-refractivity contribution < 1.29 is 0 Å². The molecule has 100 valence electrons. The van der Waals surface area contributed by atoms with Crippen LogP contribution in [-0.4, -0.2) is 14.6 Å². The van der Waals surface area contributed by atoms with Crippen molar-refractivity contribution in [3.8, 4) is 0 Å². The van der Waals surface area contributed by atoms with Gasteiger partial charge < -0.3 is 10.6 Å². The van der Waals surface area contributed by atoms with Crippen molar-refractivity contribution in [3.05, 3.63) is 60.7 Å². The summed E-state index contributed by atoms with van der Waals surface area (Å²) in [5.74, 6) is 0. The van der Waals surface area contributed by atoms with Crippen LogP contribution >= 0.6 is 0 Å². The molecule has 3 aromatic rings. The van der Waals surface area contributed by atoms with Crippen molar-refractivity contribution in [1.29, 1.82) is 0 Å². The van der Waals surface area contributed by atoms with Crippen LogP contribution in [0.5, 0.6) is 0 Å². The van der Waals surface area contributed by atoms with Crippen molar-refractivity contribution in [2.75, 3.05) is 10.6 Å². The van der Waals surface area contributed by atoms with Gasteiger partial charge in [-0.3, -0.25) is 0 Å². The summed E-state index contributed by atoms with van der Waals surface area (Å²) >= 11 is 0. The fourth-order valence-electron chi connectivity index (χ4n) is 3.19. The number of rotatable bonds is 0. The van der Waals surface area contributed by atoms with Gasteiger partial charge >= 0.3 is 0 Å². The Morgan fingerprint density at radius 3 is 1.45 bits per heavy atom. The molecule has 0 fully saturated rings. The van der Waals surface area contributed by atoms with Crippen LogP contribution in [0.15, 0.2) is 60.7 Å². The molecule has 2 aliphatic rings. The molecular weight excluding hydrogens is 266 g/mol. The molecule has 2 nitrogen and oxygen atoms in total. The minimum Gasteiger partial charge on any atom is -0.356 e. The molecule has 0 aliphatic carbocycles. The first-order valence-electron chi connectivity index (χ1n) is 7.46. The third kappa shape index (κ3) is 1.77. The van der Waals surface area contributed by atoms with Crippen LogP contribution in [-0.2, 0) is 0 Å². The highest BCUT2D eigenvalue weighted by Gasteiger charge is 2.21. The molecule has 2 N–H and O–H groups in total. The third-order valence-corrected chi connectivity index (χ3v) is 4.30. The number of fused-ring (bicyclic) bond motifs is 4. The standard InChI is InChI=1S/C18H12B2N2/c1-3-7-15-11(5-1)19-13-9-18-14(10-17(13)21-15)20-12-6-2-4-8-16(12)22-18/h1-10,21-22H. The molecule has 0 saturated carbocycles. The van der Waals surface area contributed by atoms with Gasteiger partial charge in [-0.25, -0.2) is 0 Å². The highest BCUT2D eigenvalue weighted by Crippen LogP contribution is 2.22. The van der Waals surface area contributed by atoms with Crippen LogP contribution in [0.4, 0.5) is 22.7 Å². The summed E-state index contributed by atoms with van der Waals surface area (Å²) in [6.45, 7) is 0. The number of hydrogen-bond donors (Lipinski definition) is 2. The number of anilines is 4. The van der Waals surface area contributed by atoms with Crippen molar-refractivity contribution in [2.45, 2.75) is 0 Å². The average molecular weight is 278 g/mol. The van der Waals surface area contributed by atoms with Crippen LogP contribution in [0.1, 0.15) is 0 Å². The smallest absolute Gasteiger partial charge is 0.197 e. The van der Waals surface area contributed by atoms with Crippen molar-refractivity contribution >= 4 is 59.2 Å². The van der Waals surface area contributed by atoms with E-state index >= 15 is 0 Å².